The monoisotopic (exact) mass is 569 g/mol. The molecule has 0 radical (unpaired) electrons. The summed E-state index contributed by atoms with van der Waals surface area (Å²) in [5, 5.41) is 12.6. The lowest BCUT2D eigenvalue weighted by atomic mass is 9.92. The van der Waals surface area contributed by atoms with Gasteiger partial charge in [-0.3, -0.25) is 14.4 Å². The highest BCUT2D eigenvalue weighted by Crippen LogP contribution is 2.36. The summed E-state index contributed by atoms with van der Waals surface area (Å²) in [5.41, 5.74) is 5.16. The lowest BCUT2D eigenvalue weighted by Crippen LogP contribution is -2.49. The minimum atomic E-state index is -5.16. The van der Waals surface area contributed by atoms with Gasteiger partial charge in [-0.2, -0.15) is 13.2 Å². The lowest BCUT2D eigenvalue weighted by Gasteiger charge is -2.31. The van der Waals surface area contributed by atoms with E-state index in [2.05, 4.69) is 15.0 Å². The molecule has 4 rings (SSSR count). The van der Waals surface area contributed by atoms with Gasteiger partial charge in [-0.25, -0.2) is 9.78 Å². The molecule has 39 heavy (non-hydrogen) atoms. The minimum absolute atomic E-state index is 0.0830. The third kappa shape index (κ3) is 5.70. The maximum atomic E-state index is 13.0. The van der Waals surface area contributed by atoms with Gasteiger partial charge in [0.1, 0.15) is 24.0 Å². The summed E-state index contributed by atoms with van der Waals surface area (Å²) in [7, 11) is 1.46. The Kier molecular flexibility index (Phi) is 7.59. The standard InChI is InChI=1S/C24H23ClF3N5O6/c1-32-10-30-21-18(22(32)37)13(11-6-12(20(29)36)19(35)14(25)7-11)8-33(21)9-17(34)31-15-4-2-3-5-16(15)39-23(38)24(26,27)28/h6-8,10,15-16,35H,2-5,9H2,1H3,(H2,29,36)(H,31,34)/t15?,16-/m1/s1. The molecular weight excluding hydrogens is 547 g/mol. The molecule has 1 aliphatic carbocycles. The van der Waals surface area contributed by atoms with Crippen LogP contribution in [0.2, 0.25) is 5.02 Å². The number of aryl methyl sites for hydroxylation is 1. The fourth-order valence-electron chi connectivity index (χ4n) is 4.56. The van der Waals surface area contributed by atoms with Crippen LogP contribution in [0.25, 0.3) is 22.2 Å². The maximum absolute atomic E-state index is 13.0. The van der Waals surface area contributed by atoms with Crippen molar-refractivity contribution in [3.05, 3.63) is 45.6 Å². The fraction of sp³-hybridized carbons (Fsp3) is 0.375. The number of esters is 1. The van der Waals surface area contributed by atoms with E-state index in [0.29, 0.717) is 19.3 Å². The number of halogens is 4. The van der Waals surface area contributed by atoms with E-state index in [1.54, 1.807) is 0 Å². The second kappa shape index (κ2) is 10.6. The van der Waals surface area contributed by atoms with E-state index in [-0.39, 0.29) is 45.7 Å². The number of aromatic hydroxyl groups is 1. The molecule has 15 heteroatoms. The average Bonchev–Trinajstić information content (AvgIpc) is 3.22. The van der Waals surface area contributed by atoms with Crippen molar-refractivity contribution < 1.29 is 37.4 Å². The number of amides is 2. The predicted octanol–water partition coefficient (Wildman–Crippen LogP) is 2.39. The Bertz CT molecular complexity index is 1530. The van der Waals surface area contributed by atoms with Crippen LogP contribution in [0.15, 0.2) is 29.5 Å². The Labute approximate surface area is 223 Å². The number of hydrogen-bond acceptors (Lipinski definition) is 7. The van der Waals surface area contributed by atoms with Crippen LogP contribution < -0.4 is 16.6 Å². The molecule has 1 aliphatic rings. The van der Waals surface area contributed by atoms with Crippen LogP contribution in [0, 0.1) is 0 Å². The van der Waals surface area contributed by atoms with E-state index >= 15 is 0 Å². The smallest absolute Gasteiger partial charge is 0.490 e. The van der Waals surface area contributed by atoms with Crippen molar-refractivity contribution in [1.82, 2.24) is 19.4 Å². The molecule has 208 valence electrons. The highest BCUT2D eigenvalue weighted by atomic mass is 35.5. The van der Waals surface area contributed by atoms with E-state index in [0.717, 1.165) is 0 Å². The molecular formula is C24H23ClF3N5O6. The number of carbonyl (C=O) groups excluding carboxylic acids is 3. The second-order valence-electron chi connectivity index (χ2n) is 9.15. The van der Waals surface area contributed by atoms with Crippen molar-refractivity contribution >= 4 is 40.4 Å². The van der Waals surface area contributed by atoms with Crippen molar-refractivity contribution in [2.75, 3.05) is 0 Å². The molecule has 0 aliphatic heterocycles. The topological polar surface area (TPSA) is 159 Å². The number of nitrogens with two attached hydrogens (primary N) is 1. The third-order valence-corrected chi connectivity index (χ3v) is 6.72. The molecule has 0 spiro atoms. The molecule has 2 atom stereocenters. The molecule has 1 saturated carbocycles. The summed E-state index contributed by atoms with van der Waals surface area (Å²) < 4.78 is 45.3. The Balaban J connectivity index is 1.67. The van der Waals surface area contributed by atoms with E-state index in [1.165, 1.54) is 40.8 Å². The molecule has 2 aromatic heterocycles. The summed E-state index contributed by atoms with van der Waals surface area (Å²) in [4.78, 5) is 53.4. The Hall–Kier alpha value is -4.07. The number of ether oxygens (including phenoxy) is 1. The molecule has 0 saturated heterocycles. The first-order valence-corrected chi connectivity index (χ1v) is 12.1. The highest BCUT2D eigenvalue weighted by molar-refractivity contribution is 6.33. The summed E-state index contributed by atoms with van der Waals surface area (Å²) in [5.74, 6) is -4.44. The number of primary amides is 1. The van der Waals surface area contributed by atoms with Crippen molar-refractivity contribution in [3.8, 4) is 16.9 Å². The number of rotatable bonds is 6. The molecule has 4 N–H and O–H groups in total. The summed E-state index contributed by atoms with van der Waals surface area (Å²) in [6, 6.07) is 1.72. The van der Waals surface area contributed by atoms with Crippen molar-refractivity contribution in [1.29, 1.82) is 0 Å². The summed E-state index contributed by atoms with van der Waals surface area (Å²) >= 11 is 6.08. The van der Waals surface area contributed by atoms with Gasteiger partial charge in [-0.05, 0) is 37.0 Å². The van der Waals surface area contributed by atoms with Gasteiger partial charge >= 0.3 is 12.1 Å². The number of phenols is 1. The number of alkyl halides is 3. The largest absolute Gasteiger partial charge is 0.506 e. The van der Waals surface area contributed by atoms with Crippen molar-refractivity contribution in [3.63, 3.8) is 0 Å². The predicted molar refractivity (Wildman–Crippen MR) is 132 cm³/mol. The first kappa shape index (κ1) is 28.0. The number of nitrogens with one attached hydrogen (secondary N) is 1. The van der Waals surface area contributed by atoms with Gasteiger partial charge in [0.15, 0.2) is 0 Å². The SMILES string of the molecule is Cn1cnc2c(c(-c3cc(Cl)c(O)c(C(N)=O)c3)cn2CC(=O)NC2CCCC[C@H]2OC(=O)C(F)(F)F)c1=O. The lowest BCUT2D eigenvalue weighted by molar-refractivity contribution is -0.207. The zero-order valence-corrected chi connectivity index (χ0v) is 21.2. The molecule has 2 heterocycles. The second-order valence-corrected chi connectivity index (χ2v) is 9.56. The first-order chi connectivity index (χ1) is 18.3. The number of carbonyl (C=O) groups is 3. The Morgan fingerprint density at radius 3 is 2.62 bits per heavy atom. The summed E-state index contributed by atoms with van der Waals surface area (Å²) in [6.07, 6.45) is -2.03. The van der Waals surface area contributed by atoms with Gasteiger partial charge < -0.3 is 30.0 Å². The fourth-order valence-corrected chi connectivity index (χ4v) is 4.78. The molecule has 1 unspecified atom stereocenters. The van der Waals surface area contributed by atoms with Crippen molar-refractivity contribution in [2.45, 2.75) is 50.6 Å². The van der Waals surface area contributed by atoms with E-state index in [9.17, 15) is 37.5 Å². The normalized spacial score (nSPS) is 17.7. The van der Waals surface area contributed by atoms with Crippen LogP contribution in [0.4, 0.5) is 13.2 Å². The van der Waals surface area contributed by atoms with Crippen LogP contribution in [0.3, 0.4) is 0 Å². The third-order valence-electron chi connectivity index (χ3n) is 6.43. The Morgan fingerprint density at radius 2 is 1.95 bits per heavy atom. The zero-order valence-electron chi connectivity index (χ0n) is 20.4. The number of hydrogen-bond donors (Lipinski definition) is 3. The quantitative estimate of drug-likeness (QED) is 0.384. The van der Waals surface area contributed by atoms with Gasteiger partial charge in [-0.15, -0.1) is 0 Å². The average molecular weight is 570 g/mol. The molecule has 3 aromatic rings. The molecule has 1 aromatic carbocycles. The number of aromatic nitrogens is 3. The van der Waals surface area contributed by atoms with Crippen LogP contribution in [0.1, 0.15) is 36.0 Å². The molecule has 1 fully saturated rings. The van der Waals surface area contributed by atoms with Gasteiger partial charge in [0.05, 0.1) is 28.3 Å². The Morgan fingerprint density at radius 1 is 1.26 bits per heavy atom. The number of nitrogens with zero attached hydrogens (tertiary/aromatic N) is 3. The van der Waals surface area contributed by atoms with E-state index < -0.39 is 47.4 Å². The number of benzene rings is 1. The highest BCUT2D eigenvalue weighted by Gasteiger charge is 2.44. The van der Waals surface area contributed by atoms with Gasteiger partial charge in [0.2, 0.25) is 5.91 Å². The zero-order chi connectivity index (χ0) is 28.6. The van der Waals surface area contributed by atoms with Gasteiger partial charge in [0.25, 0.3) is 11.5 Å². The van der Waals surface area contributed by atoms with E-state index in [4.69, 9.17) is 17.3 Å². The van der Waals surface area contributed by atoms with Crippen LogP contribution in [-0.2, 0) is 27.9 Å². The van der Waals surface area contributed by atoms with Gasteiger partial charge in [0, 0.05) is 18.8 Å². The van der Waals surface area contributed by atoms with E-state index in [1.807, 2.05) is 0 Å². The van der Waals surface area contributed by atoms with Crippen molar-refractivity contribution in [2.24, 2.45) is 12.8 Å². The van der Waals surface area contributed by atoms with Crippen LogP contribution >= 0.6 is 11.6 Å². The first-order valence-electron chi connectivity index (χ1n) is 11.7. The van der Waals surface area contributed by atoms with Gasteiger partial charge in [-0.1, -0.05) is 18.0 Å². The molecule has 0 bridgehead atoms. The summed E-state index contributed by atoms with van der Waals surface area (Å²) in [6.45, 7) is -0.387. The minimum Gasteiger partial charge on any atom is -0.506 e. The maximum Gasteiger partial charge on any atom is 0.490 e. The van der Waals surface area contributed by atoms with Crippen LogP contribution in [-0.4, -0.2) is 55.3 Å². The van der Waals surface area contributed by atoms with Crippen LogP contribution in [0.5, 0.6) is 5.75 Å². The molecule has 2 amide bonds. The molecule has 11 nitrogen and oxygen atoms in total. The number of fused-ring (bicyclic) bond motifs is 1.